The first-order valence-electron chi connectivity index (χ1n) is 4.17. The average Bonchev–Trinajstić information content (AvgIpc) is 2.38. The van der Waals surface area contributed by atoms with Crippen LogP contribution in [-0.2, 0) is 9.59 Å². The number of carbonyl (C=O) groups excluding carboxylic acids is 2. The van der Waals surface area contributed by atoms with Gasteiger partial charge in [0, 0.05) is 13.0 Å². The molecule has 0 aromatic rings. The van der Waals surface area contributed by atoms with Crippen molar-refractivity contribution in [3.05, 3.63) is 0 Å². The number of aliphatic carboxylic acids is 1. The Kier molecular flexibility index (Phi) is 5.60. The molecule has 1 rings (SSSR count). The first kappa shape index (κ1) is 12.9. The topological polar surface area (TPSA) is 60.4 Å². The van der Waals surface area contributed by atoms with E-state index in [4.69, 9.17) is 0 Å². The van der Waals surface area contributed by atoms with Crippen molar-refractivity contribution in [3.8, 4) is 0 Å². The van der Waals surface area contributed by atoms with Gasteiger partial charge in [-0.15, -0.1) is 0 Å². The van der Waals surface area contributed by atoms with Crippen LogP contribution >= 0.6 is 0 Å². The smallest absolute Gasteiger partial charge is 0.548 e. The molecule has 1 fully saturated rings. The zero-order valence-corrected chi connectivity index (χ0v) is 10.1. The number of carboxylic acid groups (broad SMARTS) is 1. The summed E-state index contributed by atoms with van der Waals surface area (Å²) in [4.78, 5) is 23.1. The van der Waals surface area contributed by atoms with Crippen molar-refractivity contribution in [1.29, 1.82) is 0 Å². The molecule has 13 heavy (non-hydrogen) atoms. The molecule has 0 radical (unpaired) electrons. The molecule has 1 heterocycles. The quantitative estimate of drug-likeness (QED) is 0.431. The number of carbonyl (C=O) groups is 2. The molecule has 1 saturated heterocycles. The molecule has 0 N–H and O–H groups in total. The molecule has 5 heteroatoms. The normalized spacial score (nSPS) is 18.2. The molecule has 68 valence electrons. The van der Waals surface area contributed by atoms with Crippen molar-refractivity contribution in [2.45, 2.75) is 32.2 Å². The minimum Gasteiger partial charge on any atom is -0.548 e. The fraction of sp³-hybridized carbons (Fsp3) is 0.750. The van der Waals surface area contributed by atoms with E-state index in [0.717, 1.165) is 6.42 Å². The second-order valence-electron chi connectivity index (χ2n) is 2.93. The number of hydrogen-bond acceptors (Lipinski definition) is 3. The summed E-state index contributed by atoms with van der Waals surface area (Å²) in [6.45, 7) is 2.30. The summed E-state index contributed by atoms with van der Waals surface area (Å²) in [5, 5.41) is 10.6. The van der Waals surface area contributed by atoms with Crippen molar-refractivity contribution in [2.75, 3.05) is 6.54 Å². The molecule has 0 bridgehead atoms. The maximum atomic E-state index is 11.1. The summed E-state index contributed by atoms with van der Waals surface area (Å²) in [6, 6.07) is -0.722. The van der Waals surface area contributed by atoms with E-state index < -0.39 is 12.0 Å². The van der Waals surface area contributed by atoms with Gasteiger partial charge in [0.25, 0.3) is 0 Å². The summed E-state index contributed by atoms with van der Waals surface area (Å²) in [6.07, 6.45) is 1.67. The van der Waals surface area contributed by atoms with Crippen LogP contribution in [-0.4, -0.2) is 29.4 Å². The van der Waals surface area contributed by atoms with Crippen molar-refractivity contribution in [3.63, 3.8) is 0 Å². The number of rotatable bonds is 3. The standard InChI is InChI=1S/C8H13NO3.Na/c1-2-6(8(11)12)9-5-3-4-7(9)10;/h6H,2-5H2,1H3,(H,11,12);/q;+1/p-1/t6-;/m1./s1. The van der Waals surface area contributed by atoms with Crippen LogP contribution in [0.4, 0.5) is 0 Å². The summed E-state index contributed by atoms with van der Waals surface area (Å²) in [7, 11) is 0. The molecular weight excluding hydrogens is 181 g/mol. The van der Waals surface area contributed by atoms with E-state index in [0.29, 0.717) is 19.4 Å². The fourth-order valence-corrected chi connectivity index (χ4v) is 1.51. The van der Waals surface area contributed by atoms with Gasteiger partial charge in [0.2, 0.25) is 5.91 Å². The predicted octanol–water partition coefficient (Wildman–Crippen LogP) is -3.86. The number of nitrogens with zero attached hydrogens (tertiary/aromatic N) is 1. The third-order valence-corrected chi connectivity index (χ3v) is 2.15. The van der Waals surface area contributed by atoms with Crippen LogP contribution < -0.4 is 34.7 Å². The van der Waals surface area contributed by atoms with Crippen molar-refractivity contribution < 1.29 is 44.3 Å². The Balaban J connectivity index is 0.00000144. The average molecular weight is 193 g/mol. The van der Waals surface area contributed by atoms with E-state index in [1.54, 1.807) is 6.92 Å². The fourth-order valence-electron chi connectivity index (χ4n) is 1.51. The molecule has 1 aliphatic rings. The van der Waals surface area contributed by atoms with Gasteiger partial charge in [-0.3, -0.25) is 4.79 Å². The van der Waals surface area contributed by atoms with Gasteiger partial charge in [0.05, 0.1) is 12.0 Å². The van der Waals surface area contributed by atoms with Gasteiger partial charge in [-0.2, -0.15) is 0 Å². The number of likely N-dealkylation sites (tertiary alicyclic amines) is 1. The van der Waals surface area contributed by atoms with Gasteiger partial charge < -0.3 is 14.8 Å². The molecule has 0 aromatic carbocycles. The Morgan fingerprint density at radius 3 is 2.62 bits per heavy atom. The summed E-state index contributed by atoms with van der Waals surface area (Å²) >= 11 is 0. The van der Waals surface area contributed by atoms with Crippen LogP contribution in [0.15, 0.2) is 0 Å². The van der Waals surface area contributed by atoms with Gasteiger partial charge in [-0.25, -0.2) is 0 Å². The van der Waals surface area contributed by atoms with Crippen molar-refractivity contribution in [1.82, 2.24) is 4.90 Å². The third kappa shape index (κ3) is 2.97. The van der Waals surface area contributed by atoms with Crippen LogP contribution in [0.1, 0.15) is 26.2 Å². The molecule has 1 atom stereocenters. The van der Waals surface area contributed by atoms with Gasteiger partial charge in [-0.1, -0.05) is 6.92 Å². The number of amides is 1. The Labute approximate surface area is 99.6 Å². The molecule has 0 saturated carbocycles. The van der Waals surface area contributed by atoms with Crippen molar-refractivity contribution in [2.24, 2.45) is 0 Å². The van der Waals surface area contributed by atoms with E-state index in [1.807, 2.05) is 0 Å². The maximum Gasteiger partial charge on any atom is 1.00 e. The van der Waals surface area contributed by atoms with Gasteiger partial charge in [-0.05, 0) is 12.8 Å². The van der Waals surface area contributed by atoms with Crippen LogP contribution in [0.2, 0.25) is 0 Å². The van der Waals surface area contributed by atoms with Crippen molar-refractivity contribution >= 4 is 11.9 Å². The SMILES string of the molecule is CC[C@H](C(=O)[O-])N1CCCC1=O.[Na+]. The number of carboxylic acids is 1. The van der Waals surface area contributed by atoms with Gasteiger partial charge >= 0.3 is 29.6 Å². The van der Waals surface area contributed by atoms with Crippen LogP contribution in [0.3, 0.4) is 0 Å². The maximum absolute atomic E-state index is 11.1. The van der Waals surface area contributed by atoms with Gasteiger partial charge in [0.1, 0.15) is 0 Å². The molecule has 0 aromatic heterocycles. The van der Waals surface area contributed by atoms with Crippen LogP contribution in [0.25, 0.3) is 0 Å². The summed E-state index contributed by atoms with van der Waals surface area (Å²) in [5.41, 5.74) is 0. The van der Waals surface area contributed by atoms with E-state index >= 15 is 0 Å². The Morgan fingerprint density at radius 2 is 2.31 bits per heavy atom. The summed E-state index contributed by atoms with van der Waals surface area (Å²) < 4.78 is 0. The first-order valence-corrected chi connectivity index (χ1v) is 4.17. The Bertz CT molecular complexity index is 208. The van der Waals surface area contributed by atoms with E-state index in [9.17, 15) is 14.7 Å². The van der Waals surface area contributed by atoms with E-state index in [1.165, 1.54) is 4.90 Å². The largest absolute Gasteiger partial charge is 1.00 e. The molecule has 4 nitrogen and oxygen atoms in total. The van der Waals surface area contributed by atoms with Crippen LogP contribution in [0.5, 0.6) is 0 Å². The Hall–Kier alpha value is -0.0600. The second-order valence-corrected chi connectivity index (χ2v) is 2.93. The predicted molar refractivity (Wildman–Crippen MR) is 40.0 cm³/mol. The Morgan fingerprint density at radius 1 is 1.69 bits per heavy atom. The zero-order chi connectivity index (χ0) is 9.14. The molecular formula is C8H12NNaO3. The zero-order valence-electron chi connectivity index (χ0n) is 8.08. The monoisotopic (exact) mass is 193 g/mol. The minimum absolute atomic E-state index is 0. The van der Waals surface area contributed by atoms with Crippen LogP contribution in [0, 0.1) is 0 Å². The van der Waals surface area contributed by atoms with E-state index in [2.05, 4.69) is 0 Å². The molecule has 0 spiro atoms. The minimum atomic E-state index is -1.15. The number of hydrogen-bond donors (Lipinski definition) is 0. The molecule has 1 aliphatic heterocycles. The van der Waals surface area contributed by atoms with Gasteiger partial charge in [0.15, 0.2) is 0 Å². The second kappa shape index (κ2) is 5.62. The van der Waals surface area contributed by atoms with E-state index in [-0.39, 0.29) is 35.5 Å². The summed E-state index contributed by atoms with van der Waals surface area (Å²) in [5.74, 6) is -1.21. The molecule has 1 amide bonds. The third-order valence-electron chi connectivity index (χ3n) is 2.15. The molecule has 0 unspecified atom stereocenters. The molecule has 0 aliphatic carbocycles. The first-order chi connectivity index (χ1) is 5.66.